The number of nitrogens with one attached hydrogen (secondary N) is 1. The molecule has 5 rings (SSSR count). The first kappa shape index (κ1) is 19.8. The van der Waals surface area contributed by atoms with E-state index in [1.165, 1.54) is 24.3 Å². The molecular formula is C22H19FN2O5S. The van der Waals surface area contributed by atoms with Crippen LogP contribution in [0.2, 0.25) is 0 Å². The lowest BCUT2D eigenvalue weighted by Crippen LogP contribution is -2.45. The largest absolute Gasteiger partial charge is 0.464 e. The Morgan fingerprint density at radius 1 is 1.10 bits per heavy atom. The Morgan fingerprint density at radius 2 is 1.94 bits per heavy atom. The number of sulfonamides is 1. The number of amides is 1. The molecule has 7 nitrogen and oxygen atoms in total. The molecule has 0 radical (unpaired) electrons. The highest BCUT2D eigenvalue weighted by Gasteiger charge is 2.41. The first-order valence-corrected chi connectivity index (χ1v) is 11.3. The third kappa shape index (κ3) is 3.60. The Kier molecular flexibility index (Phi) is 4.79. The van der Waals surface area contributed by atoms with Crippen LogP contribution in [-0.2, 0) is 21.4 Å². The number of rotatable bonds is 5. The molecule has 0 spiro atoms. The molecule has 0 bridgehead atoms. The fourth-order valence-corrected chi connectivity index (χ4v) is 5.56. The van der Waals surface area contributed by atoms with Crippen LogP contribution in [-0.4, -0.2) is 31.2 Å². The molecule has 1 aliphatic rings. The first-order chi connectivity index (χ1) is 14.9. The van der Waals surface area contributed by atoms with Crippen molar-refractivity contribution in [2.24, 2.45) is 0 Å². The van der Waals surface area contributed by atoms with Gasteiger partial charge in [0.2, 0.25) is 11.0 Å². The minimum Gasteiger partial charge on any atom is -0.464 e. The summed E-state index contributed by atoms with van der Waals surface area (Å²) in [4.78, 5) is 12.8. The van der Waals surface area contributed by atoms with Gasteiger partial charge in [0.05, 0.1) is 6.26 Å². The molecule has 2 aromatic carbocycles. The molecule has 1 fully saturated rings. The van der Waals surface area contributed by atoms with Crippen molar-refractivity contribution in [2.45, 2.75) is 30.5 Å². The lowest BCUT2D eigenvalue weighted by Gasteiger charge is -2.22. The average Bonchev–Trinajstić information content (AvgIpc) is 3.50. The predicted molar refractivity (Wildman–Crippen MR) is 111 cm³/mol. The van der Waals surface area contributed by atoms with Crippen molar-refractivity contribution in [2.75, 3.05) is 6.54 Å². The summed E-state index contributed by atoms with van der Waals surface area (Å²) in [5.74, 6) is -0.847. The molecule has 1 atom stereocenters. The maximum Gasteiger partial charge on any atom is 0.277 e. The molecule has 0 saturated carbocycles. The van der Waals surface area contributed by atoms with Crippen LogP contribution in [0.4, 0.5) is 4.39 Å². The van der Waals surface area contributed by atoms with Gasteiger partial charge in [-0.05, 0) is 54.8 Å². The van der Waals surface area contributed by atoms with Gasteiger partial charge in [0, 0.05) is 29.9 Å². The second-order valence-electron chi connectivity index (χ2n) is 7.53. The molecule has 1 N–H and O–H groups in total. The van der Waals surface area contributed by atoms with Gasteiger partial charge in [-0.25, -0.2) is 12.8 Å². The molecule has 1 amide bonds. The molecule has 0 aliphatic carbocycles. The van der Waals surface area contributed by atoms with Crippen LogP contribution in [0.5, 0.6) is 0 Å². The van der Waals surface area contributed by atoms with E-state index in [1.54, 1.807) is 6.26 Å². The quantitative estimate of drug-likeness (QED) is 0.508. The van der Waals surface area contributed by atoms with Crippen molar-refractivity contribution >= 4 is 37.9 Å². The second kappa shape index (κ2) is 7.51. The number of fused-ring (bicyclic) bond motifs is 2. The van der Waals surface area contributed by atoms with E-state index in [1.807, 2.05) is 24.3 Å². The summed E-state index contributed by atoms with van der Waals surface area (Å²) in [6, 6.07) is 11.7. The summed E-state index contributed by atoms with van der Waals surface area (Å²) in [5.41, 5.74) is 1.91. The number of nitrogens with zero attached hydrogens (tertiary/aromatic N) is 1. The summed E-state index contributed by atoms with van der Waals surface area (Å²) < 4.78 is 51.7. The SMILES string of the molecule is O=C(NCc1ccc2occc2c1)[C@@H]1CCCN1S(=O)(=O)c1cc2cc(F)ccc2o1. The summed E-state index contributed by atoms with van der Waals surface area (Å²) >= 11 is 0. The molecule has 31 heavy (non-hydrogen) atoms. The minimum atomic E-state index is -4.04. The highest BCUT2D eigenvalue weighted by Crippen LogP contribution is 2.30. The number of hydrogen-bond donors (Lipinski definition) is 1. The van der Waals surface area contributed by atoms with Crippen molar-refractivity contribution in [3.05, 3.63) is 66.2 Å². The maximum atomic E-state index is 13.4. The normalized spacial score (nSPS) is 17.5. The zero-order valence-electron chi connectivity index (χ0n) is 16.4. The van der Waals surface area contributed by atoms with Gasteiger partial charge in [-0.3, -0.25) is 4.79 Å². The number of halogens is 1. The molecule has 9 heteroatoms. The molecule has 4 aromatic rings. The van der Waals surface area contributed by atoms with Crippen molar-refractivity contribution in [1.82, 2.24) is 9.62 Å². The topological polar surface area (TPSA) is 92.8 Å². The summed E-state index contributed by atoms with van der Waals surface area (Å²) in [5, 5.41) is 3.82. The first-order valence-electron chi connectivity index (χ1n) is 9.87. The lowest BCUT2D eigenvalue weighted by molar-refractivity contribution is -0.124. The number of benzene rings is 2. The molecular weight excluding hydrogens is 423 g/mol. The van der Waals surface area contributed by atoms with E-state index in [0.29, 0.717) is 18.2 Å². The van der Waals surface area contributed by atoms with Crippen LogP contribution < -0.4 is 5.32 Å². The van der Waals surface area contributed by atoms with Gasteiger partial charge in [-0.2, -0.15) is 4.31 Å². The number of hydrogen-bond acceptors (Lipinski definition) is 5. The monoisotopic (exact) mass is 442 g/mol. The fraction of sp³-hybridized carbons (Fsp3) is 0.227. The van der Waals surface area contributed by atoms with E-state index in [4.69, 9.17) is 8.83 Å². The molecule has 3 heterocycles. The van der Waals surface area contributed by atoms with E-state index in [9.17, 15) is 17.6 Å². The Morgan fingerprint density at radius 3 is 2.81 bits per heavy atom. The summed E-state index contributed by atoms with van der Waals surface area (Å²) in [6.45, 7) is 0.487. The highest BCUT2D eigenvalue weighted by atomic mass is 32.2. The van der Waals surface area contributed by atoms with E-state index in [0.717, 1.165) is 20.8 Å². The van der Waals surface area contributed by atoms with Crippen LogP contribution in [0.25, 0.3) is 21.9 Å². The average molecular weight is 442 g/mol. The number of furan rings is 2. The van der Waals surface area contributed by atoms with Gasteiger partial charge in [-0.1, -0.05) is 6.07 Å². The Hall–Kier alpha value is -3.17. The zero-order valence-corrected chi connectivity index (χ0v) is 17.2. The Balaban J connectivity index is 1.34. The minimum absolute atomic E-state index is 0.215. The van der Waals surface area contributed by atoms with Crippen molar-refractivity contribution < 1.29 is 26.4 Å². The van der Waals surface area contributed by atoms with Gasteiger partial charge < -0.3 is 14.2 Å². The third-order valence-electron chi connectivity index (χ3n) is 5.51. The smallest absolute Gasteiger partial charge is 0.277 e. The van der Waals surface area contributed by atoms with Gasteiger partial charge in [-0.15, -0.1) is 0 Å². The van der Waals surface area contributed by atoms with Crippen LogP contribution in [0, 0.1) is 5.82 Å². The highest BCUT2D eigenvalue weighted by molar-refractivity contribution is 7.89. The van der Waals surface area contributed by atoms with Crippen molar-refractivity contribution in [1.29, 1.82) is 0 Å². The van der Waals surface area contributed by atoms with Crippen LogP contribution in [0.3, 0.4) is 0 Å². The summed E-state index contributed by atoms with van der Waals surface area (Å²) in [7, 11) is -4.04. The zero-order chi connectivity index (χ0) is 21.6. The Labute approximate surface area is 177 Å². The predicted octanol–water partition coefficient (Wildman–Crippen LogP) is 3.79. The van der Waals surface area contributed by atoms with Crippen molar-refractivity contribution in [3.8, 4) is 0 Å². The summed E-state index contributed by atoms with van der Waals surface area (Å²) in [6.07, 6.45) is 2.58. The van der Waals surface area contributed by atoms with Gasteiger partial charge in [0.1, 0.15) is 23.0 Å². The number of carbonyl (C=O) groups is 1. The van der Waals surface area contributed by atoms with Crippen LogP contribution in [0.1, 0.15) is 18.4 Å². The van der Waals surface area contributed by atoms with Gasteiger partial charge in [0.25, 0.3) is 10.0 Å². The Bertz CT molecular complexity index is 1390. The van der Waals surface area contributed by atoms with E-state index in [2.05, 4.69) is 5.32 Å². The van der Waals surface area contributed by atoms with E-state index >= 15 is 0 Å². The standard InChI is InChI=1S/C22H19FN2O5S/c23-17-4-6-20-16(11-17)12-21(30-20)31(27,28)25-8-1-2-18(25)22(26)24-13-14-3-5-19-15(10-14)7-9-29-19/h3-7,9-12,18H,1-2,8,13H2,(H,24,26)/t18-/m0/s1. The van der Waals surface area contributed by atoms with Crippen molar-refractivity contribution in [3.63, 3.8) is 0 Å². The molecule has 1 aliphatic heterocycles. The van der Waals surface area contributed by atoms with Crippen LogP contribution >= 0.6 is 0 Å². The van der Waals surface area contributed by atoms with Gasteiger partial charge in [0.15, 0.2) is 0 Å². The third-order valence-corrected chi connectivity index (χ3v) is 7.27. The second-order valence-corrected chi connectivity index (χ2v) is 9.35. The fourth-order valence-electron chi connectivity index (χ4n) is 3.96. The number of carbonyl (C=O) groups excluding carboxylic acids is 1. The molecule has 1 saturated heterocycles. The molecule has 2 aromatic heterocycles. The van der Waals surface area contributed by atoms with Gasteiger partial charge >= 0.3 is 0 Å². The molecule has 160 valence electrons. The lowest BCUT2D eigenvalue weighted by atomic mass is 10.1. The van der Waals surface area contributed by atoms with E-state index in [-0.39, 0.29) is 29.7 Å². The van der Waals surface area contributed by atoms with Crippen LogP contribution in [0.15, 0.2) is 68.7 Å². The maximum absolute atomic E-state index is 13.4. The molecule has 0 unspecified atom stereocenters. The van der Waals surface area contributed by atoms with E-state index < -0.39 is 21.9 Å².